The molecule has 1 aromatic heterocycles. The van der Waals surface area contributed by atoms with Gasteiger partial charge in [-0.15, -0.1) is 0 Å². The van der Waals surface area contributed by atoms with Gasteiger partial charge in [0.1, 0.15) is 0 Å². The molecular weight excluding hydrogens is 260 g/mol. The number of likely N-dealkylation sites (tertiary alicyclic amines) is 1. The molecule has 0 spiro atoms. The standard InChI is InChI=1S/C13H20N4O3/c1-13(12(19)15-2)4-5-17(8-13)7-9-3-6-20-10(9)11(18)16-14/h3,6H,4-5,7-8,14H2,1-2H3,(H,15,19)(H,16,18). The number of nitrogens with zero attached hydrogens (tertiary/aromatic N) is 1. The molecule has 20 heavy (non-hydrogen) atoms. The topological polar surface area (TPSA) is 101 Å². The molecular formula is C13H20N4O3. The molecule has 2 amide bonds. The van der Waals surface area contributed by atoms with Gasteiger partial charge in [0, 0.05) is 25.7 Å². The Bertz CT molecular complexity index is 513. The Hall–Kier alpha value is -1.86. The van der Waals surface area contributed by atoms with Gasteiger partial charge in [-0.25, -0.2) is 5.84 Å². The number of hydrogen-bond donors (Lipinski definition) is 3. The van der Waals surface area contributed by atoms with Crippen molar-refractivity contribution in [2.75, 3.05) is 20.1 Å². The van der Waals surface area contributed by atoms with Gasteiger partial charge in [0.25, 0.3) is 0 Å². The Balaban J connectivity index is 2.04. The number of amides is 2. The predicted molar refractivity (Wildman–Crippen MR) is 72.4 cm³/mol. The molecule has 0 aromatic carbocycles. The van der Waals surface area contributed by atoms with Gasteiger partial charge < -0.3 is 9.73 Å². The number of nitrogens with two attached hydrogens (primary N) is 1. The fourth-order valence-corrected chi connectivity index (χ4v) is 2.64. The summed E-state index contributed by atoms with van der Waals surface area (Å²) in [6.45, 7) is 3.97. The van der Waals surface area contributed by atoms with Gasteiger partial charge in [0.15, 0.2) is 5.76 Å². The number of nitrogen functional groups attached to an aromatic ring is 1. The summed E-state index contributed by atoms with van der Waals surface area (Å²) >= 11 is 0. The van der Waals surface area contributed by atoms with Crippen molar-refractivity contribution in [3.05, 3.63) is 23.7 Å². The monoisotopic (exact) mass is 280 g/mol. The quantitative estimate of drug-likeness (QED) is 0.404. The first kappa shape index (κ1) is 14.5. The second-order valence-corrected chi connectivity index (χ2v) is 5.35. The minimum atomic E-state index is -0.446. The molecule has 1 aliphatic rings. The molecule has 1 saturated heterocycles. The Morgan fingerprint density at radius 1 is 1.55 bits per heavy atom. The predicted octanol–water partition coefficient (Wildman–Crippen LogP) is -0.159. The summed E-state index contributed by atoms with van der Waals surface area (Å²) in [6.07, 6.45) is 2.26. The average molecular weight is 280 g/mol. The molecule has 2 heterocycles. The number of carbonyl (C=O) groups is 2. The lowest BCUT2D eigenvalue weighted by Gasteiger charge is -2.22. The zero-order valence-electron chi connectivity index (χ0n) is 11.7. The largest absolute Gasteiger partial charge is 0.459 e. The van der Waals surface area contributed by atoms with Crippen LogP contribution in [0.5, 0.6) is 0 Å². The van der Waals surface area contributed by atoms with Crippen LogP contribution in [0.1, 0.15) is 29.5 Å². The third kappa shape index (κ3) is 2.68. The number of hydrogen-bond acceptors (Lipinski definition) is 5. The highest BCUT2D eigenvalue weighted by atomic mass is 16.3. The van der Waals surface area contributed by atoms with E-state index in [1.54, 1.807) is 13.1 Å². The van der Waals surface area contributed by atoms with Crippen molar-refractivity contribution in [1.29, 1.82) is 0 Å². The van der Waals surface area contributed by atoms with Crippen LogP contribution in [0.4, 0.5) is 0 Å². The summed E-state index contributed by atoms with van der Waals surface area (Å²) in [4.78, 5) is 25.5. The fraction of sp³-hybridized carbons (Fsp3) is 0.538. The van der Waals surface area contributed by atoms with Crippen molar-refractivity contribution in [1.82, 2.24) is 15.6 Å². The van der Waals surface area contributed by atoms with Crippen LogP contribution in [-0.2, 0) is 11.3 Å². The van der Waals surface area contributed by atoms with Gasteiger partial charge in [-0.2, -0.15) is 0 Å². The molecule has 110 valence electrons. The summed E-state index contributed by atoms with van der Waals surface area (Å²) in [5, 5.41) is 2.70. The highest BCUT2D eigenvalue weighted by molar-refractivity contribution is 5.92. The second kappa shape index (κ2) is 5.64. The van der Waals surface area contributed by atoms with Crippen LogP contribution in [-0.4, -0.2) is 36.9 Å². The summed E-state index contributed by atoms with van der Waals surface area (Å²) < 4.78 is 5.15. The summed E-state index contributed by atoms with van der Waals surface area (Å²) in [5.41, 5.74) is 2.45. The fourth-order valence-electron chi connectivity index (χ4n) is 2.64. The zero-order chi connectivity index (χ0) is 14.8. The lowest BCUT2D eigenvalue weighted by Crippen LogP contribution is -2.39. The third-order valence-electron chi connectivity index (χ3n) is 3.81. The van der Waals surface area contributed by atoms with Crippen molar-refractivity contribution >= 4 is 11.8 Å². The molecule has 2 rings (SSSR count). The van der Waals surface area contributed by atoms with Gasteiger partial charge in [0.2, 0.25) is 5.91 Å². The van der Waals surface area contributed by atoms with Crippen molar-refractivity contribution in [3.63, 3.8) is 0 Å². The SMILES string of the molecule is CNC(=O)C1(C)CCN(Cc2ccoc2C(=O)NN)C1. The number of furan rings is 1. The second-order valence-electron chi connectivity index (χ2n) is 5.35. The molecule has 1 unspecified atom stereocenters. The molecule has 1 aromatic rings. The highest BCUT2D eigenvalue weighted by Crippen LogP contribution is 2.31. The van der Waals surface area contributed by atoms with E-state index in [1.807, 2.05) is 6.92 Å². The Morgan fingerprint density at radius 3 is 2.95 bits per heavy atom. The van der Waals surface area contributed by atoms with Gasteiger partial charge in [-0.05, 0) is 26.0 Å². The number of nitrogens with one attached hydrogen (secondary N) is 2. The molecule has 1 atom stereocenters. The summed E-state index contributed by atoms with van der Waals surface area (Å²) in [7, 11) is 1.65. The highest BCUT2D eigenvalue weighted by Gasteiger charge is 2.39. The lowest BCUT2D eigenvalue weighted by atomic mass is 9.89. The Kier molecular flexibility index (Phi) is 4.10. The Morgan fingerprint density at radius 2 is 2.30 bits per heavy atom. The summed E-state index contributed by atoms with van der Waals surface area (Å²) in [6, 6.07) is 1.75. The maximum Gasteiger partial charge on any atom is 0.301 e. The first-order valence-corrected chi connectivity index (χ1v) is 6.52. The van der Waals surface area contributed by atoms with E-state index in [-0.39, 0.29) is 17.1 Å². The van der Waals surface area contributed by atoms with Crippen molar-refractivity contribution in [3.8, 4) is 0 Å². The van der Waals surface area contributed by atoms with E-state index < -0.39 is 5.91 Å². The lowest BCUT2D eigenvalue weighted by molar-refractivity contribution is -0.129. The van der Waals surface area contributed by atoms with Gasteiger partial charge in [-0.3, -0.25) is 19.9 Å². The van der Waals surface area contributed by atoms with E-state index in [2.05, 4.69) is 15.6 Å². The third-order valence-corrected chi connectivity index (χ3v) is 3.81. The number of carbonyl (C=O) groups excluding carboxylic acids is 2. The number of rotatable bonds is 4. The van der Waals surface area contributed by atoms with Crippen molar-refractivity contribution in [2.45, 2.75) is 19.9 Å². The van der Waals surface area contributed by atoms with E-state index in [9.17, 15) is 9.59 Å². The Labute approximate surface area is 117 Å². The molecule has 1 aliphatic heterocycles. The minimum Gasteiger partial charge on any atom is -0.459 e. The normalized spacial score (nSPS) is 22.8. The molecule has 7 nitrogen and oxygen atoms in total. The van der Waals surface area contributed by atoms with Gasteiger partial charge in [0.05, 0.1) is 11.7 Å². The zero-order valence-corrected chi connectivity index (χ0v) is 11.7. The maximum absolute atomic E-state index is 11.9. The van der Waals surface area contributed by atoms with E-state index in [4.69, 9.17) is 10.3 Å². The van der Waals surface area contributed by atoms with Crippen LogP contribution in [0.15, 0.2) is 16.7 Å². The summed E-state index contributed by atoms with van der Waals surface area (Å²) in [5.74, 6) is 4.94. The van der Waals surface area contributed by atoms with Crippen molar-refractivity contribution in [2.24, 2.45) is 11.3 Å². The van der Waals surface area contributed by atoms with E-state index in [0.717, 1.165) is 18.5 Å². The molecule has 0 saturated carbocycles. The van der Waals surface area contributed by atoms with Crippen LogP contribution in [0, 0.1) is 5.41 Å². The molecule has 0 radical (unpaired) electrons. The van der Waals surface area contributed by atoms with Crippen LogP contribution >= 0.6 is 0 Å². The molecule has 4 N–H and O–H groups in total. The molecule has 0 bridgehead atoms. The maximum atomic E-state index is 11.9. The van der Waals surface area contributed by atoms with Crippen LogP contribution in [0.25, 0.3) is 0 Å². The first-order chi connectivity index (χ1) is 9.50. The average Bonchev–Trinajstić information content (AvgIpc) is 3.05. The van der Waals surface area contributed by atoms with Gasteiger partial charge in [-0.1, -0.05) is 0 Å². The van der Waals surface area contributed by atoms with E-state index in [0.29, 0.717) is 13.1 Å². The molecule has 1 fully saturated rings. The molecule has 0 aliphatic carbocycles. The smallest absolute Gasteiger partial charge is 0.301 e. The van der Waals surface area contributed by atoms with Crippen LogP contribution in [0.2, 0.25) is 0 Å². The minimum absolute atomic E-state index is 0.0483. The number of hydrazine groups is 1. The molecule has 7 heteroatoms. The van der Waals surface area contributed by atoms with Crippen LogP contribution < -0.4 is 16.6 Å². The van der Waals surface area contributed by atoms with E-state index >= 15 is 0 Å². The van der Waals surface area contributed by atoms with Crippen molar-refractivity contribution < 1.29 is 14.0 Å². The van der Waals surface area contributed by atoms with Gasteiger partial charge >= 0.3 is 5.91 Å². The van der Waals surface area contributed by atoms with E-state index in [1.165, 1.54) is 6.26 Å². The first-order valence-electron chi connectivity index (χ1n) is 6.52. The van der Waals surface area contributed by atoms with Crippen LogP contribution in [0.3, 0.4) is 0 Å².